The highest BCUT2D eigenvalue weighted by Crippen LogP contribution is 2.38. The number of hydrogen-bond donors (Lipinski definition) is 2. The van der Waals surface area contributed by atoms with Crippen molar-refractivity contribution in [3.8, 4) is 0 Å². The summed E-state index contributed by atoms with van der Waals surface area (Å²) in [6, 6.07) is 0. The Kier molecular flexibility index (Phi) is 18.9. The van der Waals surface area contributed by atoms with E-state index < -0.39 is 39.2 Å². The van der Waals surface area contributed by atoms with Crippen LogP contribution in [0.1, 0.15) is 97.3 Å². The zero-order chi connectivity index (χ0) is 22.7. The highest BCUT2D eigenvalue weighted by Gasteiger charge is 2.16. The van der Waals surface area contributed by atoms with Crippen molar-refractivity contribution in [2.45, 2.75) is 110 Å². The summed E-state index contributed by atoms with van der Waals surface area (Å²) in [5, 5.41) is 19.0. The highest BCUT2D eigenvalue weighted by molar-refractivity contribution is 7.45. The smallest absolute Gasteiger partial charge is 0.305 e. The van der Waals surface area contributed by atoms with Crippen LogP contribution in [-0.4, -0.2) is 48.2 Å². The van der Waals surface area contributed by atoms with Crippen molar-refractivity contribution in [1.82, 2.24) is 0 Å². The highest BCUT2D eigenvalue weighted by atomic mass is 31.2. The molecule has 0 spiro atoms. The van der Waals surface area contributed by atoms with E-state index in [1.165, 1.54) is 51.4 Å². The van der Waals surface area contributed by atoms with Crippen molar-refractivity contribution in [2.75, 3.05) is 19.8 Å². The molecule has 0 radical (unpaired) electrons. The van der Waals surface area contributed by atoms with Crippen molar-refractivity contribution in [3.63, 3.8) is 0 Å². The molecule has 0 aromatic heterocycles. The van der Waals surface area contributed by atoms with E-state index in [1.54, 1.807) is 6.92 Å². The van der Waals surface area contributed by atoms with E-state index in [9.17, 15) is 24.5 Å². The summed E-state index contributed by atoms with van der Waals surface area (Å²) >= 11 is 0. The fourth-order valence-electron chi connectivity index (χ4n) is 2.75. The third-order valence-corrected chi connectivity index (χ3v) is 5.67. The molecule has 0 aliphatic rings. The molecule has 0 saturated heterocycles. The van der Waals surface area contributed by atoms with E-state index in [1.807, 2.05) is 0 Å². The average molecular weight is 454 g/mol. The Hall–Kier alpha value is -0.500. The Balaban J connectivity index is 3.60. The number of hydrogen-bond acceptors (Lipinski definition) is 8. The topological polar surface area (TPSA) is 125 Å². The van der Waals surface area contributed by atoms with Gasteiger partial charge in [-0.05, 0) is 12.8 Å². The molecule has 0 aromatic carbocycles. The summed E-state index contributed by atoms with van der Waals surface area (Å²) in [4.78, 5) is 23.2. The molecule has 9 heteroatoms. The fraction of sp³-hybridized carbons (Fsp3) is 0.952. The van der Waals surface area contributed by atoms with Crippen LogP contribution in [0, 0.1) is 0 Å². The second kappa shape index (κ2) is 19.2. The number of rotatable bonds is 21. The molecule has 180 valence electrons. The zero-order valence-corrected chi connectivity index (χ0v) is 19.7. The Morgan fingerprint density at radius 1 is 0.800 bits per heavy atom. The number of carbonyl (C=O) groups is 1. The van der Waals surface area contributed by atoms with Gasteiger partial charge in [-0.25, -0.2) is 0 Å². The molecule has 0 aliphatic carbocycles. The molecule has 0 saturated carbocycles. The van der Waals surface area contributed by atoms with E-state index >= 15 is 0 Å². The van der Waals surface area contributed by atoms with E-state index in [4.69, 9.17) is 4.74 Å². The molecular weight excluding hydrogens is 411 g/mol. The number of phosphoric ester groups is 1. The van der Waals surface area contributed by atoms with Gasteiger partial charge >= 0.3 is 5.97 Å². The molecule has 0 aliphatic heterocycles. The Morgan fingerprint density at radius 2 is 1.27 bits per heavy atom. The maximum absolute atomic E-state index is 11.7. The van der Waals surface area contributed by atoms with Gasteiger partial charge in [0.25, 0.3) is 7.82 Å². The van der Waals surface area contributed by atoms with Gasteiger partial charge < -0.3 is 28.9 Å². The molecule has 2 unspecified atom stereocenters. The van der Waals surface area contributed by atoms with Crippen LogP contribution < -0.4 is 4.89 Å². The lowest BCUT2D eigenvalue weighted by Crippen LogP contribution is -2.25. The van der Waals surface area contributed by atoms with Crippen LogP contribution in [0.25, 0.3) is 0 Å². The lowest BCUT2D eigenvalue weighted by molar-refractivity contribution is -0.229. The summed E-state index contributed by atoms with van der Waals surface area (Å²) in [6.07, 6.45) is 11.6. The standard InChI is InChI=1S/C21H43O8P/c1-3-5-6-7-8-9-10-11-12-13-14-15-21(24)27-16-20(23)18-29-30(25,26)28-17-19(22)4-2/h19-20,22-23H,3-18H2,1-2H3,(H,25,26)/p-1/t19?,20-/m1/s1. The lowest BCUT2D eigenvalue weighted by atomic mass is 10.1. The second-order valence-electron chi connectivity index (χ2n) is 7.72. The first kappa shape index (κ1) is 29.5. The minimum atomic E-state index is -4.61. The van der Waals surface area contributed by atoms with Gasteiger partial charge in [0.2, 0.25) is 0 Å². The van der Waals surface area contributed by atoms with Gasteiger partial charge in [-0.1, -0.05) is 78.1 Å². The van der Waals surface area contributed by atoms with Gasteiger partial charge in [0.05, 0.1) is 19.3 Å². The normalized spacial score (nSPS) is 15.5. The Bertz CT molecular complexity index is 460. The second-order valence-corrected chi connectivity index (χ2v) is 9.13. The number of ether oxygens (including phenoxy) is 1. The van der Waals surface area contributed by atoms with E-state index in [0.29, 0.717) is 6.42 Å². The first-order chi connectivity index (χ1) is 14.3. The summed E-state index contributed by atoms with van der Waals surface area (Å²) in [5.41, 5.74) is 0. The summed E-state index contributed by atoms with van der Waals surface area (Å²) in [6.45, 7) is 2.59. The van der Waals surface area contributed by atoms with Crippen molar-refractivity contribution < 1.29 is 38.3 Å². The van der Waals surface area contributed by atoms with Gasteiger partial charge in [0, 0.05) is 6.42 Å². The largest absolute Gasteiger partial charge is 0.756 e. The van der Waals surface area contributed by atoms with Crippen LogP contribution in [0.3, 0.4) is 0 Å². The Labute approximate surface area is 181 Å². The van der Waals surface area contributed by atoms with Crippen LogP contribution in [0.15, 0.2) is 0 Å². The van der Waals surface area contributed by atoms with Gasteiger partial charge in [-0.2, -0.15) is 0 Å². The minimum absolute atomic E-state index is 0.280. The molecule has 0 aromatic rings. The van der Waals surface area contributed by atoms with Crippen LogP contribution >= 0.6 is 7.82 Å². The maximum atomic E-state index is 11.7. The number of unbranched alkanes of at least 4 members (excludes halogenated alkanes) is 10. The van der Waals surface area contributed by atoms with Crippen molar-refractivity contribution in [1.29, 1.82) is 0 Å². The van der Waals surface area contributed by atoms with E-state index in [0.717, 1.165) is 19.3 Å². The zero-order valence-electron chi connectivity index (χ0n) is 18.8. The Morgan fingerprint density at radius 3 is 1.77 bits per heavy atom. The first-order valence-corrected chi connectivity index (χ1v) is 12.9. The molecule has 0 rings (SSSR count). The number of esters is 1. The van der Waals surface area contributed by atoms with Crippen molar-refractivity contribution in [2.24, 2.45) is 0 Å². The summed E-state index contributed by atoms with van der Waals surface area (Å²) in [5.74, 6) is -0.419. The van der Waals surface area contributed by atoms with E-state index in [2.05, 4.69) is 16.0 Å². The predicted octanol–water partition coefficient (Wildman–Crippen LogP) is 3.86. The maximum Gasteiger partial charge on any atom is 0.305 e. The monoisotopic (exact) mass is 453 g/mol. The molecule has 0 heterocycles. The first-order valence-electron chi connectivity index (χ1n) is 11.4. The van der Waals surface area contributed by atoms with Gasteiger partial charge in [0.15, 0.2) is 0 Å². The third-order valence-electron chi connectivity index (χ3n) is 4.74. The molecular formula is C21H42O8P-. The molecule has 0 fully saturated rings. The van der Waals surface area contributed by atoms with Crippen LogP contribution in [-0.2, 0) is 23.1 Å². The molecule has 0 amide bonds. The molecule has 0 bridgehead atoms. The number of carbonyl (C=O) groups excluding carboxylic acids is 1. The van der Waals surface area contributed by atoms with Crippen LogP contribution in [0.4, 0.5) is 0 Å². The minimum Gasteiger partial charge on any atom is -0.756 e. The quantitative estimate of drug-likeness (QED) is 0.152. The van der Waals surface area contributed by atoms with Gasteiger partial charge in [0.1, 0.15) is 12.7 Å². The van der Waals surface area contributed by atoms with Crippen molar-refractivity contribution >= 4 is 13.8 Å². The summed E-state index contributed by atoms with van der Waals surface area (Å²) < 4.78 is 25.4. The van der Waals surface area contributed by atoms with Gasteiger partial charge in [-0.15, -0.1) is 0 Å². The van der Waals surface area contributed by atoms with Gasteiger partial charge in [-0.3, -0.25) is 9.36 Å². The summed E-state index contributed by atoms with van der Waals surface area (Å²) in [7, 11) is -4.61. The lowest BCUT2D eigenvalue weighted by Gasteiger charge is -2.24. The number of aliphatic hydroxyl groups is 2. The van der Waals surface area contributed by atoms with E-state index in [-0.39, 0.29) is 13.0 Å². The third kappa shape index (κ3) is 19.5. The molecule has 30 heavy (non-hydrogen) atoms. The molecule has 8 nitrogen and oxygen atoms in total. The average Bonchev–Trinajstić information content (AvgIpc) is 2.73. The molecule has 3 atom stereocenters. The number of phosphoric acid groups is 1. The predicted molar refractivity (Wildman–Crippen MR) is 114 cm³/mol. The fourth-order valence-corrected chi connectivity index (χ4v) is 3.54. The van der Waals surface area contributed by atoms with Crippen LogP contribution in [0.5, 0.6) is 0 Å². The number of aliphatic hydroxyl groups excluding tert-OH is 2. The van der Waals surface area contributed by atoms with Crippen molar-refractivity contribution in [3.05, 3.63) is 0 Å². The van der Waals surface area contributed by atoms with Crippen LogP contribution in [0.2, 0.25) is 0 Å². The SMILES string of the molecule is CCCCCCCCCCCCCC(=O)OC[C@@H](O)COP(=O)([O-])OCC(O)CC. The molecule has 2 N–H and O–H groups in total.